The third-order valence-electron chi connectivity index (χ3n) is 5.54. The Morgan fingerprint density at radius 1 is 1.15 bits per heavy atom. The molecule has 4 aromatic rings. The summed E-state index contributed by atoms with van der Waals surface area (Å²) >= 11 is 14.2. The highest BCUT2D eigenvalue weighted by atomic mass is 35.5. The van der Waals surface area contributed by atoms with E-state index in [2.05, 4.69) is 9.97 Å². The molecule has 5 rings (SSSR count). The number of halogens is 2. The van der Waals surface area contributed by atoms with Crippen LogP contribution in [-0.4, -0.2) is 44.1 Å². The predicted octanol–water partition coefficient (Wildman–Crippen LogP) is 5.53. The molecule has 0 saturated carbocycles. The second-order valence-corrected chi connectivity index (χ2v) is 9.39. The van der Waals surface area contributed by atoms with Crippen molar-refractivity contribution in [2.75, 3.05) is 19.5 Å². The lowest BCUT2D eigenvalue weighted by Gasteiger charge is -2.30. The molecular formula is C24H22Cl2N4O3S. The fraction of sp³-hybridized carbons (Fsp3) is 0.250. The van der Waals surface area contributed by atoms with Crippen LogP contribution in [0.25, 0.3) is 11.3 Å². The van der Waals surface area contributed by atoms with Crippen LogP contribution in [0.4, 0.5) is 0 Å². The predicted molar refractivity (Wildman–Crippen MR) is 133 cm³/mol. The molecule has 0 spiro atoms. The van der Waals surface area contributed by atoms with Gasteiger partial charge in [0.2, 0.25) is 5.79 Å². The quantitative estimate of drug-likeness (QED) is 0.307. The second-order valence-electron chi connectivity index (χ2n) is 7.79. The first kappa shape index (κ1) is 23.3. The van der Waals surface area contributed by atoms with Crippen molar-refractivity contribution in [3.05, 3.63) is 89.3 Å². The number of aromatic nitrogens is 4. The molecule has 1 aliphatic rings. The fourth-order valence-electron chi connectivity index (χ4n) is 3.92. The Morgan fingerprint density at radius 3 is 2.74 bits per heavy atom. The number of hydrogen-bond acceptors (Lipinski definition) is 6. The summed E-state index contributed by atoms with van der Waals surface area (Å²) in [5, 5.41) is 1.03. The van der Waals surface area contributed by atoms with Crippen LogP contribution in [-0.2, 0) is 21.8 Å². The highest BCUT2D eigenvalue weighted by molar-refractivity contribution is 7.97. The van der Waals surface area contributed by atoms with Gasteiger partial charge in [0.15, 0.2) is 0 Å². The average Bonchev–Trinajstić information content (AvgIpc) is 3.60. The van der Waals surface area contributed by atoms with Gasteiger partial charge in [0.1, 0.15) is 24.8 Å². The van der Waals surface area contributed by atoms with Gasteiger partial charge >= 0.3 is 0 Å². The molecule has 0 bridgehead atoms. The number of hydrogen-bond donors (Lipinski definition) is 0. The molecule has 0 N–H and O–H groups in total. The first-order valence-corrected chi connectivity index (χ1v) is 12.5. The number of imidazole rings is 2. The van der Waals surface area contributed by atoms with Gasteiger partial charge in [0, 0.05) is 34.8 Å². The molecule has 2 aromatic heterocycles. The zero-order valence-corrected chi connectivity index (χ0v) is 20.6. The molecule has 2 atom stereocenters. The van der Waals surface area contributed by atoms with E-state index in [0.717, 1.165) is 17.0 Å². The van der Waals surface area contributed by atoms with Gasteiger partial charge in [-0.2, -0.15) is 0 Å². The van der Waals surface area contributed by atoms with E-state index in [-0.39, 0.29) is 6.10 Å². The summed E-state index contributed by atoms with van der Waals surface area (Å²) in [6.45, 7) is 1.08. The molecule has 2 aromatic carbocycles. The Hall–Kier alpha value is -2.49. The van der Waals surface area contributed by atoms with Crippen molar-refractivity contribution in [2.45, 2.75) is 18.4 Å². The molecular weight excluding hydrogens is 495 g/mol. The molecule has 7 nitrogen and oxygen atoms in total. The lowest BCUT2D eigenvalue weighted by atomic mass is 10.1. The van der Waals surface area contributed by atoms with Gasteiger partial charge in [0.05, 0.1) is 36.4 Å². The van der Waals surface area contributed by atoms with Crippen LogP contribution >= 0.6 is 35.1 Å². The van der Waals surface area contributed by atoms with Gasteiger partial charge in [-0.3, -0.25) is 3.97 Å². The zero-order valence-electron chi connectivity index (χ0n) is 18.3. The van der Waals surface area contributed by atoms with Gasteiger partial charge in [0.25, 0.3) is 0 Å². The number of benzene rings is 2. The first-order valence-electron chi connectivity index (χ1n) is 10.6. The summed E-state index contributed by atoms with van der Waals surface area (Å²) in [4.78, 5) is 8.34. The number of ether oxygens (including phenoxy) is 3. The summed E-state index contributed by atoms with van der Waals surface area (Å²) in [5.41, 5.74) is 2.82. The van der Waals surface area contributed by atoms with Crippen LogP contribution in [0.5, 0.6) is 5.75 Å². The minimum atomic E-state index is -1.07. The zero-order chi connectivity index (χ0) is 23.5. The van der Waals surface area contributed by atoms with Crippen LogP contribution < -0.4 is 4.74 Å². The van der Waals surface area contributed by atoms with Crippen molar-refractivity contribution in [2.24, 2.45) is 0 Å². The average molecular weight is 517 g/mol. The number of nitrogens with zero attached hydrogens (tertiary/aromatic N) is 4. The van der Waals surface area contributed by atoms with E-state index in [0.29, 0.717) is 35.4 Å². The molecule has 1 saturated heterocycles. The summed E-state index contributed by atoms with van der Waals surface area (Å²) in [6, 6.07) is 13.2. The minimum absolute atomic E-state index is 0.284. The topological polar surface area (TPSA) is 63.3 Å². The molecule has 0 amide bonds. The second kappa shape index (κ2) is 10.0. The van der Waals surface area contributed by atoms with E-state index in [4.69, 9.17) is 37.4 Å². The first-order chi connectivity index (χ1) is 16.6. The standard InChI is InChI=1S/C24H22Cl2N4O3S/c1-34-30-16-28-11-23(30)17-2-5-19(6-3-17)31-12-20-13-32-24(33-20,14-29-9-8-27-15-29)21-7-4-18(25)10-22(21)26/h2-11,15-16,20H,12-14H2,1H3. The lowest BCUT2D eigenvalue weighted by Crippen LogP contribution is -2.34. The molecule has 1 fully saturated rings. The number of rotatable bonds is 8. The van der Waals surface area contributed by atoms with Crippen LogP contribution in [0.2, 0.25) is 10.0 Å². The van der Waals surface area contributed by atoms with Gasteiger partial charge in [-0.05, 0) is 48.3 Å². The molecule has 0 radical (unpaired) electrons. The summed E-state index contributed by atoms with van der Waals surface area (Å²) in [5.74, 6) is -0.324. The maximum absolute atomic E-state index is 6.53. The minimum Gasteiger partial charge on any atom is -0.491 e. The van der Waals surface area contributed by atoms with Gasteiger partial charge in [-0.1, -0.05) is 29.3 Å². The Morgan fingerprint density at radius 2 is 2.00 bits per heavy atom. The van der Waals surface area contributed by atoms with Crippen molar-refractivity contribution in [1.82, 2.24) is 18.5 Å². The molecule has 1 aliphatic heterocycles. The van der Waals surface area contributed by atoms with Crippen molar-refractivity contribution >= 4 is 35.1 Å². The lowest BCUT2D eigenvalue weighted by molar-refractivity contribution is -0.189. The normalized spacial score (nSPS) is 20.0. The molecule has 176 valence electrons. The van der Waals surface area contributed by atoms with E-state index in [9.17, 15) is 0 Å². The molecule has 3 heterocycles. The van der Waals surface area contributed by atoms with Gasteiger partial charge in [-0.15, -0.1) is 0 Å². The Balaban J connectivity index is 1.29. The van der Waals surface area contributed by atoms with E-state index >= 15 is 0 Å². The fourth-order valence-corrected chi connectivity index (χ4v) is 4.97. The van der Waals surface area contributed by atoms with Crippen molar-refractivity contribution in [3.8, 4) is 17.0 Å². The molecule has 34 heavy (non-hydrogen) atoms. The van der Waals surface area contributed by atoms with Crippen molar-refractivity contribution in [1.29, 1.82) is 0 Å². The maximum atomic E-state index is 6.53. The van der Waals surface area contributed by atoms with E-state index in [1.807, 2.05) is 57.5 Å². The van der Waals surface area contributed by atoms with Crippen molar-refractivity contribution < 1.29 is 14.2 Å². The van der Waals surface area contributed by atoms with E-state index < -0.39 is 5.79 Å². The molecule has 2 unspecified atom stereocenters. The molecule has 10 heteroatoms. The summed E-state index contributed by atoms with van der Waals surface area (Å²) in [7, 11) is 0. The summed E-state index contributed by atoms with van der Waals surface area (Å²) in [6.07, 6.45) is 10.6. The third kappa shape index (κ3) is 4.82. The summed E-state index contributed by atoms with van der Waals surface area (Å²) < 4.78 is 22.6. The SMILES string of the molecule is CSn1cncc1-c1ccc(OCC2COC(Cn3ccnc3)(c3ccc(Cl)cc3Cl)O2)cc1. The van der Waals surface area contributed by atoms with Gasteiger partial charge in [-0.25, -0.2) is 9.97 Å². The van der Waals surface area contributed by atoms with Crippen LogP contribution in [0, 0.1) is 0 Å². The van der Waals surface area contributed by atoms with Crippen LogP contribution in [0.1, 0.15) is 5.56 Å². The highest BCUT2D eigenvalue weighted by Crippen LogP contribution is 2.40. The van der Waals surface area contributed by atoms with E-state index in [1.54, 1.807) is 42.9 Å². The highest BCUT2D eigenvalue weighted by Gasteiger charge is 2.45. The van der Waals surface area contributed by atoms with E-state index in [1.165, 1.54) is 0 Å². The van der Waals surface area contributed by atoms with Crippen LogP contribution in [0.3, 0.4) is 0 Å². The monoisotopic (exact) mass is 516 g/mol. The van der Waals surface area contributed by atoms with Crippen molar-refractivity contribution in [3.63, 3.8) is 0 Å². The Labute approximate surface area is 211 Å². The third-order valence-corrected chi connectivity index (χ3v) is 6.77. The largest absolute Gasteiger partial charge is 0.491 e. The smallest absolute Gasteiger partial charge is 0.215 e. The Bertz CT molecular complexity index is 1250. The van der Waals surface area contributed by atoms with Crippen LogP contribution in [0.15, 0.2) is 73.7 Å². The van der Waals surface area contributed by atoms with Gasteiger partial charge < -0.3 is 18.8 Å². The Kier molecular flexibility index (Phi) is 6.85. The maximum Gasteiger partial charge on any atom is 0.215 e. The molecule has 0 aliphatic carbocycles.